The molecule has 1 N–H and O–H groups in total. The summed E-state index contributed by atoms with van der Waals surface area (Å²) in [7, 11) is 0. The van der Waals surface area contributed by atoms with Crippen LogP contribution >= 0.6 is 22.9 Å². The van der Waals surface area contributed by atoms with Crippen LogP contribution in [-0.4, -0.2) is 16.1 Å². The number of aromatic nitrogens is 1. The highest BCUT2D eigenvalue weighted by Crippen LogP contribution is 2.31. The van der Waals surface area contributed by atoms with Crippen molar-refractivity contribution >= 4 is 28.9 Å². The Hall–Kier alpha value is -1.39. The molecule has 0 radical (unpaired) electrons. The van der Waals surface area contributed by atoms with Gasteiger partial charge in [-0.3, -0.25) is 4.79 Å². The largest absolute Gasteiger partial charge is 0.481 e. The maximum atomic E-state index is 10.7. The van der Waals surface area contributed by atoms with Crippen molar-refractivity contribution in [2.24, 2.45) is 0 Å². The molecular formula is C15H16ClNO2S. The van der Waals surface area contributed by atoms with Crippen LogP contribution in [0.3, 0.4) is 0 Å². The predicted octanol–water partition coefficient (Wildman–Crippen LogP) is 3.94. The van der Waals surface area contributed by atoms with Gasteiger partial charge in [0, 0.05) is 15.8 Å². The summed E-state index contributed by atoms with van der Waals surface area (Å²) in [5, 5.41) is 12.3. The molecule has 0 aliphatic carbocycles. The Morgan fingerprint density at radius 1 is 1.45 bits per heavy atom. The molecule has 1 heterocycles. The molecule has 0 spiro atoms. The van der Waals surface area contributed by atoms with Crippen LogP contribution in [0.25, 0.3) is 0 Å². The fourth-order valence-electron chi connectivity index (χ4n) is 2.09. The van der Waals surface area contributed by atoms with Gasteiger partial charge in [-0.1, -0.05) is 37.6 Å². The van der Waals surface area contributed by atoms with Crippen LogP contribution in [-0.2, 0) is 23.1 Å². The summed E-state index contributed by atoms with van der Waals surface area (Å²) in [4.78, 5) is 15.2. The Balaban J connectivity index is 2.17. The lowest BCUT2D eigenvalue weighted by Gasteiger charge is -2.22. The normalized spacial score (nSPS) is 11.6. The molecule has 1 aromatic carbocycles. The van der Waals surface area contributed by atoms with Gasteiger partial charge < -0.3 is 5.11 Å². The topological polar surface area (TPSA) is 50.2 Å². The molecule has 0 unspecified atom stereocenters. The van der Waals surface area contributed by atoms with E-state index in [4.69, 9.17) is 16.7 Å². The number of hydrogen-bond donors (Lipinski definition) is 1. The molecule has 0 fully saturated rings. The number of benzene rings is 1. The number of carbonyl (C=O) groups is 1. The molecule has 2 rings (SSSR count). The number of aliphatic carboxylic acids is 1. The molecule has 5 heteroatoms. The molecule has 0 amide bonds. The van der Waals surface area contributed by atoms with Crippen LogP contribution < -0.4 is 0 Å². The molecule has 0 aliphatic rings. The fraction of sp³-hybridized carbons (Fsp3) is 0.333. The molecule has 0 saturated heterocycles. The lowest BCUT2D eigenvalue weighted by atomic mass is 9.86. The first kappa shape index (κ1) is 15.0. The third kappa shape index (κ3) is 3.81. The molecular weight excluding hydrogens is 294 g/mol. The van der Waals surface area contributed by atoms with E-state index in [-0.39, 0.29) is 11.8 Å². The van der Waals surface area contributed by atoms with E-state index in [1.165, 1.54) is 11.3 Å². The quantitative estimate of drug-likeness (QED) is 0.910. The zero-order chi connectivity index (χ0) is 14.8. The van der Waals surface area contributed by atoms with E-state index in [2.05, 4.69) is 18.8 Å². The van der Waals surface area contributed by atoms with Crippen molar-refractivity contribution in [2.75, 3.05) is 0 Å². The van der Waals surface area contributed by atoms with Crippen molar-refractivity contribution in [3.63, 3.8) is 0 Å². The monoisotopic (exact) mass is 309 g/mol. The number of halogens is 1. The van der Waals surface area contributed by atoms with Gasteiger partial charge in [-0.25, -0.2) is 4.98 Å². The van der Waals surface area contributed by atoms with Crippen molar-refractivity contribution < 1.29 is 9.90 Å². The van der Waals surface area contributed by atoms with E-state index < -0.39 is 5.97 Å². The molecule has 0 atom stereocenters. The third-order valence-corrected chi connectivity index (χ3v) is 4.49. The van der Waals surface area contributed by atoms with Crippen molar-refractivity contribution in [1.82, 2.24) is 4.98 Å². The second kappa shape index (κ2) is 5.94. The second-order valence-electron chi connectivity index (χ2n) is 5.41. The van der Waals surface area contributed by atoms with E-state index >= 15 is 0 Å². The summed E-state index contributed by atoms with van der Waals surface area (Å²) < 4.78 is 0. The first-order chi connectivity index (χ1) is 9.37. The van der Waals surface area contributed by atoms with Crippen molar-refractivity contribution in [2.45, 2.75) is 32.1 Å². The summed E-state index contributed by atoms with van der Waals surface area (Å²) in [5.41, 5.74) is 1.63. The zero-order valence-corrected chi connectivity index (χ0v) is 13.0. The van der Waals surface area contributed by atoms with Gasteiger partial charge in [-0.15, -0.1) is 11.3 Å². The maximum Gasteiger partial charge on any atom is 0.309 e. The molecule has 106 valence electrons. The fourth-order valence-corrected chi connectivity index (χ4v) is 3.24. The first-order valence-electron chi connectivity index (χ1n) is 6.28. The van der Waals surface area contributed by atoms with Gasteiger partial charge >= 0.3 is 5.97 Å². The van der Waals surface area contributed by atoms with Gasteiger partial charge in [-0.05, 0) is 24.1 Å². The van der Waals surface area contributed by atoms with Crippen molar-refractivity contribution in [3.05, 3.63) is 50.9 Å². The number of hydrogen-bond acceptors (Lipinski definition) is 3. The summed E-state index contributed by atoms with van der Waals surface area (Å²) in [6, 6.07) is 7.78. The Labute approximate surface area is 127 Å². The molecule has 0 saturated carbocycles. The van der Waals surface area contributed by atoms with Gasteiger partial charge in [0.05, 0.1) is 17.1 Å². The number of carboxylic acid groups (broad SMARTS) is 1. The lowest BCUT2D eigenvalue weighted by molar-refractivity contribution is -0.136. The molecule has 1 aromatic heterocycles. The minimum atomic E-state index is -0.852. The van der Waals surface area contributed by atoms with Crippen molar-refractivity contribution in [1.29, 1.82) is 0 Å². The summed E-state index contributed by atoms with van der Waals surface area (Å²) >= 11 is 7.52. The van der Waals surface area contributed by atoms with E-state index in [0.717, 1.165) is 22.0 Å². The Bertz CT molecular complexity index is 622. The van der Waals surface area contributed by atoms with Crippen LogP contribution in [0.5, 0.6) is 0 Å². The summed E-state index contributed by atoms with van der Waals surface area (Å²) in [6.07, 6.45) is 0.789. The minimum Gasteiger partial charge on any atom is -0.481 e. The Morgan fingerprint density at radius 3 is 2.85 bits per heavy atom. The highest BCUT2D eigenvalue weighted by molar-refractivity contribution is 7.09. The van der Waals surface area contributed by atoms with Crippen LogP contribution in [0.15, 0.2) is 29.6 Å². The van der Waals surface area contributed by atoms with Gasteiger partial charge in [0.25, 0.3) is 0 Å². The predicted molar refractivity (Wildman–Crippen MR) is 81.6 cm³/mol. The van der Waals surface area contributed by atoms with E-state index in [1.807, 2.05) is 29.6 Å². The Morgan fingerprint density at radius 2 is 2.20 bits per heavy atom. The smallest absolute Gasteiger partial charge is 0.309 e. The van der Waals surface area contributed by atoms with Gasteiger partial charge in [-0.2, -0.15) is 0 Å². The average Bonchev–Trinajstić information content (AvgIpc) is 2.76. The number of nitrogens with zero attached hydrogens (tertiary/aromatic N) is 1. The number of rotatable bonds is 5. The average molecular weight is 310 g/mol. The van der Waals surface area contributed by atoms with Crippen LogP contribution in [0, 0.1) is 0 Å². The van der Waals surface area contributed by atoms with Gasteiger partial charge in [0.15, 0.2) is 0 Å². The molecule has 20 heavy (non-hydrogen) atoms. The molecule has 3 nitrogen and oxygen atoms in total. The van der Waals surface area contributed by atoms with E-state index in [0.29, 0.717) is 5.69 Å². The van der Waals surface area contributed by atoms with Crippen LogP contribution in [0.4, 0.5) is 0 Å². The highest BCUT2D eigenvalue weighted by atomic mass is 35.5. The minimum absolute atomic E-state index is 0.0241. The third-order valence-electron chi connectivity index (χ3n) is 3.00. The summed E-state index contributed by atoms with van der Waals surface area (Å²) in [5.74, 6) is -0.852. The molecule has 2 aromatic rings. The Kier molecular flexibility index (Phi) is 4.45. The maximum absolute atomic E-state index is 10.7. The zero-order valence-electron chi connectivity index (χ0n) is 11.4. The van der Waals surface area contributed by atoms with Gasteiger partial charge in [0.2, 0.25) is 0 Å². The van der Waals surface area contributed by atoms with Crippen LogP contribution in [0.2, 0.25) is 5.02 Å². The highest BCUT2D eigenvalue weighted by Gasteiger charge is 2.25. The van der Waals surface area contributed by atoms with Crippen molar-refractivity contribution in [3.8, 4) is 0 Å². The first-order valence-corrected chi connectivity index (χ1v) is 7.54. The second-order valence-corrected chi connectivity index (χ2v) is 6.70. The van der Waals surface area contributed by atoms with E-state index in [9.17, 15) is 4.79 Å². The number of carboxylic acids is 1. The molecule has 0 bridgehead atoms. The standard InChI is InChI=1S/C15H16ClNO2S/c1-15(2,8-10-4-3-5-11(16)6-10)14-17-12(9-20-14)7-13(18)19/h3-6,9H,7-8H2,1-2H3,(H,18,19). The number of thiazole rings is 1. The lowest BCUT2D eigenvalue weighted by Crippen LogP contribution is -2.20. The SMILES string of the molecule is CC(C)(Cc1cccc(Cl)c1)c1nc(CC(=O)O)cs1. The molecule has 0 aliphatic heterocycles. The summed E-state index contributed by atoms with van der Waals surface area (Å²) in [6.45, 7) is 4.22. The van der Waals surface area contributed by atoms with Gasteiger partial charge in [0.1, 0.15) is 0 Å². The van der Waals surface area contributed by atoms with Crippen LogP contribution in [0.1, 0.15) is 30.1 Å². The van der Waals surface area contributed by atoms with E-state index in [1.54, 1.807) is 0 Å².